The zero-order chi connectivity index (χ0) is 19.1. The number of halogens is 2. The number of hydrogen-bond acceptors (Lipinski definition) is 2. The van der Waals surface area contributed by atoms with E-state index in [9.17, 15) is 4.39 Å². The van der Waals surface area contributed by atoms with Crippen molar-refractivity contribution in [2.75, 3.05) is 26.8 Å². The minimum atomic E-state index is -0.237. The predicted octanol–water partition coefficient (Wildman–Crippen LogP) is 3.89. The number of nitrogens with zero attached hydrogens (tertiary/aromatic N) is 1. The number of hydrogen-bond donors (Lipinski definition) is 2. The predicted molar refractivity (Wildman–Crippen MR) is 108 cm³/mol. The highest BCUT2D eigenvalue weighted by Crippen LogP contribution is 2.35. The van der Waals surface area contributed by atoms with Crippen LogP contribution in [0.4, 0.5) is 4.39 Å². The van der Waals surface area contributed by atoms with Gasteiger partial charge in [0.05, 0.1) is 0 Å². The maximum Gasteiger partial charge on any atom is 0.191 e. The summed E-state index contributed by atoms with van der Waals surface area (Å²) in [5.41, 5.74) is 2.03. The summed E-state index contributed by atoms with van der Waals surface area (Å²) < 4.78 is 18.9. The topological polar surface area (TPSA) is 45.7 Å². The van der Waals surface area contributed by atoms with Gasteiger partial charge in [-0.3, -0.25) is 4.99 Å². The van der Waals surface area contributed by atoms with E-state index in [-0.39, 0.29) is 11.2 Å². The van der Waals surface area contributed by atoms with E-state index in [1.54, 1.807) is 13.1 Å². The third-order valence-electron chi connectivity index (χ3n) is 5.05. The molecule has 3 rings (SSSR count). The molecule has 0 saturated carbocycles. The molecular weight excluding hydrogens is 365 g/mol. The molecule has 2 aromatic rings. The number of ether oxygens (including phenoxy) is 1. The standard InChI is InChI=1S/C21H25ClFN3O/c1-24-20(25-14-16-4-2-7-19(23)12-16)26-15-21(8-10-27-11-9-21)17-5-3-6-18(22)13-17/h2-7,12-13H,8-11,14-15H2,1H3,(H2,24,25,26). The third kappa shape index (κ3) is 5.21. The van der Waals surface area contributed by atoms with E-state index in [1.165, 1.54) is 17.7 Å². The van der Waals surface area contributed by atoms with Gasteiger partial charge in [0, 0.05) is 43.8 Å². The van der Waals surface area contributed by atoms with Crippen LogP contribution in [0, 0.1) is 5.82 Å². The summed E-state index contributed by atoms with van der Waals surface area (Å²) in [6, 6.07) is 14.6. The van der Waals surface area contributed by atoms with Crippen LogP contribution < -0.4 is 10.6 Å². The summed E-state index contributed by atoms with van der Waals surface area (Å²) in [5.74, 6) is 0.450. The van der Waals surface area contributed by atoms with Gasteiger partial charge in [0.25, 0.3) is 0 Å². The molecule has 2 aromatic carbocycles. The molecule has 0 amide bonds. The van der Waals surface area contributed by atoms with Gasteiger partial charge in [0.2, 0.25) is 0 Å². The highest BCUT2D eigenvalue weighted by atomic mass is 35.5. The first-order valence-corrected chi connectivity index (χ1v) is 9.52. The van der Waals surface area contributed by atoms with Gasteiger partial charge in [-0.25, -0.2) is 4.39 Å². The van der Waals surface area contributed by atoms with E-state index in [0.29, 0.717) is 12.5 Å². The minimum Gasteiger partial charge on any atom is -0.381 e. The highest BCUT2D eigenvalue weighted by molar-refractivity contribution is 6.30. The second-order valence-electron chi connectivity index (χ2n) is 6.81. The van der Waals surface area contributed by atoms with Gasteiger partial charge in [-0.15, -0.1) is 0 Å². The van der Waals surface area contributed by atoms with Crippen LogP contribution in [0.25, 0.3) is 0 Å². The van der Waals surface area contributed by atoms with Crippen LogP contribution in [0.15, 0.2) is 53.5 Å². The summed E-state index contributed by atoms with van der Waals surface area (Å²) in [7, 11) is 1.73. The molecule has 0 bridgehead atoms. The first-order chi connectivity index (χ1) is 13.1. The van der Waals surface area contributed by atoms with E-state index in [2.05, 4.69) is 21.7 Å². The molecule has 1 saturated heterocycles. The molecule has 0 radical (unpaired) electrons. The van der Waals surface area contributed by atoms with Crippen molar-refractivity contribution in [1.29, 1.82) is 0 Å². The Balaban J connectivity index is 1.67. The van der Waals surface area contributed by atoms with Crippen molar-refractivity contribution < 1.29 is 9.13 Å². The maximum absolute atomic E-state index is 13.3. The number of rotatable bonds is 5. The van der Waals surface area contributed by atoms with E-state index < -0.39 is 0 Å². The van der Waals surface area contributed by atoms with E-state index >= 15 is 0 Å². The van der Waals surface area contributed by atoms with E-state index in [4.69, 9.17) is 16.3 Å². The largest absolute Gasteiger partial charge is 0.381 e. The molecular formula is C21H25ClFN3O. The zero-order valence-electron chi connectivity index (χ0n) is 15.5. The Kier molecular flexibility index (Phi) is 6.69. The quantitative estimate of drug-likeness (QED) is 0.602. The maximum atomic E-state index is 13.3. The molecule has 4 nitrogen and oxygen atoms in total. The van der Waals surface area contributed by atoms with Gasteiger partial charge in [0.15, 0.2) is 5.96 Å². The molecule has 0 aliphatic carbocycles. The van der Waals surface area contributed by atoms with E-state index in [1.807, 2.05) is 24.3 Å². The number of nitrogens with one attached hydrogen (secondary N) is 2. The fraction of sp³-hybridized carbons (Fsp3) is 0.381. The van der Waals surface area contributed by atoms with Crippen LogP contribution in [-0.4, -0.2) is 32.8 Å². The van der Waals surface area contributed by atoms with E-state index in [0.717, 1.165) is 43.2 Å². The fourth-order valence-electron chi connectivity index (χ4n) is 3.45. The van der Waals surface area contributed by atoms with Crippen LogP contribution in [0.2, 0.25) is 5.02 Å². The molecule has 1 aliphatic heterocycles. The lowest BCUT2D eigenvalue weighted by molar-refractivity contribution is 0.0514. The second-order valence-corrected chi connectivity index (χ2v) is 7.25. The minimum absolute atomic E-state index is 0.0559. The van der Waals surface area contributed by atoms with Gasteiger partial charge in [-0.05, 0) is 48.2 Å². The first kappa shape index (κ1) is 19.6. The molecule has 0 aromatic heterocycles. The Morgan fingerprint density at radius 2 is 1.93 bits per heavy atom. The van der Waals surface area contributed by atoms with Crippen molar-refractivity contribution in [3.63, 3.8) is 0 Å². The Morgan fingerprint density at radius 1 is 1.15 bits per heavy atom. The Morgan fingerprint density at radius 3 is 2.63 bits per heavy atom. The van der Waals surface area contributed by atoms with Crippen LogP contribution in [0.5, 0.6) is 0 Å². The summed E-state index contributed by atoms with van der Waals surface area (Å²) in [4.78, 5) is 4.30. The van der Waals surface area contributed by atoms with Crippen molar-refractivity contribution in [1.82, 2.24) is 10.6 Å². The number of aliphatic imine (C=N–C) groups is 1. The highest BCUT2D eigenvalue weighted by Gasteiger charge is 2.34. The van der Waals surface area contributed by atoms with Crippen molar-refractivity contribution in [3.05, 3.63) is 70.5 Å². The van der Waals surface area contributed by atoms with Crippen molar-refractivity contribution in [2.24, 2.45) is 4.99 Å². The van der Waals surface area contributed by atoms with Crippen LogP contribution in [-0.2, 0) is 16.7 Å². The van der Waals surface area contributed by atoms with Gasteiger partial charge >= 0.3 is 0 Å². The number of guanidine groups is 1. The first-order valence-electron chi connectivity index (χ1n) is 9.14. The van der Waals surface area contributed by atoms with Crippen LogP contribution in [0.1, 0.15) is 24.0 Å². The van der Waals surface area contributed by atoms with Gasteiger partial charge in [-0.1, -0.05) is 35.9 Å². The Labute approximate surface area is 164 Å². The fourth-order valence-corrected chi connectivity index (χ4v) is 3.64. The Hall–Kier alpha value is -2.11. The molecule has 144 valence electrons. The van der Waals surface area contributed by atoms with Gasteiger partial charge in [-0.2, -0.15) is 0 Å². The summed E-state index contributed by atoms with van der Waals surface area (Å²) in [6.45, 7) is 2.68. The third-order valence-corrected chi connectivity index (χ3v) is 5.29. The molecule has 0 atom stereocenters. The average molecular weight is 390 g/mol. The lowest BCUT2D eigenvalue weighted by atomic mass is 9.74. The normalized spacial score (nSPS) is 16.8. The molecule has 1 fully saturated rings. The molecule has 1 heterocycles. The summed E-state index contributed by atoms with van der Waals surface area (Å²) >= 11 is 6.23. The summed E-state index contributed by atoms with van der Waals surface area (Å²) in [5, 5.41) is 7.42. The SMILES string of the molecule is CN=C(NCc1cccc(F)c1)NCC1(c2cccc(Cl)c2)CCOCC1. The lowest BCUT2D eigenvalue weighted by Gasteiger charge is -2.38. The van der Waals surface area contributed by atoms with Crippen molar-refractivity contribution >= 4 is 17.6 Å². The molecule has 2 N–H and O–H groups in total. The second kappa shape index (κ2) is 9.20. The van der Waals surface area contributed by atoms with Crippen molar-refractivity contribution in [2.45, 2.75) is 24.8 Å². The summed E-state index contributed by atoms with van der Waals surface area (Å²) in [6.07, 6.45) is 1.84. The number of benzene rings is 2. The molecule has 27 heavy (non-hydrogen) atoms. The monoisotopic (exact) mass is 389 g/mol. The van der Waals surface area contributed by atoms with Gasteiger partial charge in [0.1, 0.15) is 5.82 Å². The van der Waals surface area contributed by atoms with Gasteiger partial charge < -0.3 is 15.4 Å². The smallest absolute Gasteiger partial charge is 0.191 e. The molecule has 6 heteroatoms. The molecule has 0 spiro atoms. The molecule has 0 unspecified atom stereocenters. The van der Waals surface area contributed by atoms with Crippen LogP contribution >= 0.6 is 11.6 Å². The average Bonchev–Trinajstić information content (AvgIpc) is 2.69. The molecule has 1 aliphatic rings. The zero-order valence-corrected chi connectivity index (χ0v) is 16.2. The van der Waals surface area contributed by atoms with Crippen molar-refractivity contribution in [3.8, 4) is 0 Å². The lowest BCUT2D eigenvalue weighted by Crippen LogP contribution is -2.47. The Bertz CT molecular complexity index is 791. The van der Waals surface area contributed by atoms with Crippen LogP contribution in [0.3, 0.4) is 0 Å².